The number of nitrogens with zero attached hydrogens (tertiary/aromatic N) is 4. The Kier molecular flexibility index (Phi) is 4.26. The third-order valence-corrected chi connectivity index (χ3v) is 4.10. The molecule has 0 amide bonds. The molecule has 4 rings (SSSR count). The summed E-state index contributed by atoms with van der Waals surface area (Å²) < 4.78 is 45.6. The van der Waals surface area contributed by atoms with E-state index in [1.807, 2.05) is 0 Å². The lowest BCUT2D eigenvalue weighted by atomic mass is 10.1. The third kappa shape index (κ3) is 2.69. The molecule has 3 heterocycles. The van der Waals surface area contributed by atoms with Crippen LogP contribution in [0.15, 0.2) is 16.9 Å². The van der Waals surface area contributed by atoms with Crippen LogP contribution in [0.1, 0.15) is 23.7 Å². The van der Waals surface area contributed by atoms with Gasteiger partial charge in [-0.05, 0) is 6.07 Å². The quantitative estimate of drug-likeness (QED) is 0.697. The first-order valence-corrected chi connectivity index (χ1v) is 7.82. The molecule has 26 heavy (non-hydrogen) atoms. The summed E-state index contributed by atoms with van der Waals surface area (Å²) in [6, 6.07) is 0.680. The van der Waals surface area contributed by atoms with Crippen molar-refractivity contribution >= 4 is 16.8 Å². The molecule has 1 fully saturated rings. The van der Waals surface area contributed by atoms with Crippen LogP contribution in [-0.2, 0) is 16.5 Å². The number of rotatable bonds is 5. The minimum Gasteiger partial charge on any atom is -0.394 e. The van der Waals surface area contributed by atoms with E-state index in [1.54, 1.807) is 7.05 Å². The van der Waals surface area contributed by atoms with Gasteiger partial charge in [0, 0.05) is 12.6 Å². The van der Waals surface area contributed by atoms with Gasteiger partial charge in [0.1, 0.15) is 12.4 Å². The molecule has 9 nitrogen and oxygen atoms in total. The topological polar surface area (TPSA) is 107 Å². The number of hydrogen-bond donors (Lipinski definition) is 2. The molecule has 0 aliphatic carbocycles. The minimum atomic E-state index is -1.18. The predicted molar refractivity (Wildman–Crippen MR) is 83.0 cm³/mol. The number of aryl methyl sites for hydroxylation is 1. The number of hydrogen-bond acceptors (Lipinski definition) is 8. The standard InChI is InChI=1S/C15H15F2N5O4/c1-22-14(18-6-19-22)9(5-23)20-13-8-4-7(15-24-2-3-25-15)10(16)11(17)12(8)26-21-13/h4,6,9,15,23H,2-3,5H2,1H3,(H,20,21)/t9-/m1/s1. The van der Waals surface area contributed by atoms with Crippen molar-refractivity contribution in [2.45, 2.75) is 12.3 Å². The molecule has 1 aliphatic rings. The van der Waals surface area contributed by atoms with Crippen LogP contribution in [0.2, 0.25) is 0 Å². The zero-order valence-electron chi connectivity index (χ0n) is 13.6. The molecule has 0 saturated carbocycles. The average molecular weight is 367 g/mol. The summed E-state index contributed by atoms with van der Waals surface area (Å²) in [4.78, 5) is 4.06. The van der Waals surface area contributed by atoms with Crippen molar-refractivity contribution in [1.82, 2.24) is 19.9 Å². The molecule has 1 aromatic carbocycles. The van der Waals surface area contributed by atoms with E-state index in [-0.39, 0.29) is 42.2 Å². The Morgan fingerprint density at radius 3 is 2.77 bits per heavy atom. The van der Waals surface area contributed by atoms with Gasteiger partial charge in [0.05, 0.1) is 25.2 Å². The molecule has 3 aromatic rings. The predicted octanol–water partition coefficient (Wildman–Crippen LogP) is 1.43. The molecule has 1 atom stereocenters. The van der Waals surface area contributed by atoms with Crippen LogP contribution in [0, 0.1) is 11.6 Å². The highest BCUT2D eigenvalue weighted by atomic mass is 19.2. The number of benzene rings is 1. The SMILES string of the molecule is Cn1ncnc1[C@@H](CO)Nc1noc2c(F)c(F)c(C3OCCO3)cc12. The first-order chi connectivity index (χ1) is 12.6. The monoisotopic (exact) mass is 367 g/mol. The van der Waals surface area contributed by atoms with Gasteiger partial charge in [-0.1, -0.05) is 5.16 Å². The molecule has 0 bridgehead atoms. The van der Waals surface area contributed by atoms with Gasteiger partial charge in [-0.25, -0.2) is 9.37 Å². The van der Waals surface area contributed by atoms with Gasteiger partial charge in [-0.3, -0.25) is 4.68 Å². The molecule has 0 unspecified atom stereocenters. The van der Waals surface area contributed by atoms with Crippen LogP contribution in [0.25, 0.3) is 11.0 Å². The van der Waals surface area contributed by atoms with Crippen molar-refractivity contribution in [3.8, 4) is 0 Å². The molecule has 11 heteroatoms. The Morgan fingerprint density at radius 2 is 2.12 bits per heavy atom. The number of aliphatic hydroxyl groups excluding tert-OH is 1. The van der Waals surface area contributed by atoms with Gasteiger partial charge in [0.25, 0.3) is 0 Å². The summed E-state index contributed by atoms with van der Waals surface area (Å²) in [6.45, 7) is 0.251. The molecule has 1 aliphatic heterocycles. The van der Waals surface area contributed by atoms with Gasteiger partial charge in [-0.2, -0.15) is 9.49 Å². The molecule has 2 aromatic heterocycles. The van der Waals surface area contributed by atoms with E-state index in [2.05, 4.69) is 20.6 Å². The van der Waals surface area contributed by atoms with E-state index in [0.717, 1.165) is 0 Å². The lowest BCUT2D eigenvalue weighted by Gasteiger charge is -2.15. The van der Waals surface area contributed by atoms with Crippen LogP contribution in [-0.4, -0.2) is 44.8 Å². The van der Waals surface area contributed by atoms with Crippen LogP contribution < -0.4 is 5.32 Å². The van der Waals surface area contributed by atoms with Crippen LogP contribution in [0.3, 0.4) is 0 Å². The number of nitrogens with one attached hydrogen (secondary N) is 1. The Bertz CT molecular complexity index is 938. The third-order valence-electron chi connectivity index (χ3n) is 4.10. The number of aliphatic hydroxyl groups is 1. The van der Waals surface area contributed by atoms with Crippen molar-refractivity contribution in [3.05, 3.63) is 35.4 Å². The van der Waals surface area contributed by atoms with Gasteiger partial charge in [0.2, 0.25) is 11.4 Å². The maximum atomic E-state index is 14.4. The smallest absolute Gasteiger partial charge is 0.207 e. The van der Waals surface area contributed by atoms with Crippen molar-refractivity contribution in [2.75, 3.05) is 25.1 Å². The van der Waals surface area contributed by atoms with Crippen molar-refractivity contribution < 1.29 is 27.9 Å². The highest BCUT2D eigenvalue weighted by Gasteiger charge is 2.29. The molecule has 1 saturated heterocycles. The highest BCUT2D eigenvalue weighted by molar-refractivity contribution is 5.89. The summed E-state index contributed by atoms with van der Waals surface area (Å²) in [5.41, 5.74) is -0.431. The largest absolute Gasteiger partial charge is 0.394 e. The van der Waals surface area contributed by atoms with Crippen molar-refractivity contribution in [2.24, 2.45) is 7.05 Å². The molecule has 2 N–H and O–H groups in total. The van der Waals surface area contributed by atoms with Crippen molar-refractivity contribution in [1.29, 1.82) is 0 Å². The first kappa shape index (κ1) is 16.8. The van der Waals surface area contributed by atoms with E-state index < -0.39 is 24.0 Å². The average Bonchev–Trinajstić information content (AvgIpc) is 3.37. The summed E-state index contributed by atoms with van der Waals surface area (Å²) in [5, 5.41) is 20.4. The second kappa shape index (κ2) is 6.59. The summed E-state index contributed by atoms with van der Waals surface area (Å²) in [7, 11) is 1.66. The second-order valence-electron chi connectivity index (χ2n) is 5.70. The van der Waals surface area contributed by atoms with E-state index in [0.29, 0.717) is 5.82 Å². The Hall–Kier alpha value is -2.63. The Labute approximate surface area is 145 Å². The highest BCUT2D eigenvalue weighted by Crippen LogP contribution is 2.35. The molecular weight excluding hydrogens is 352 g/mol. The van der Waals surface area contributed by atoms with E-state index >= 15 is 0 Å². The van der Waals surface area contributed by atoms with Crippen LogP contribution in [0.5, 0.6) is 0 Å². The fraction of sp³-hybridized carbons (Fsp3) is 0.400. The first-order valence-electron chi connectivity index (χ1n) is 7.82. The fourth-order valence-electron chi connectivity index (χ4n) is 2.83. The normalized spacial score (nSPS) is 16.5. The van der Waals surface area contributed by atoms with E-state index in [9.17, 15) is 13.9 Å². The minimum absolute atomic E-state index is 0.0852. The lowest BCUT2D eigenvalue weighted by molar-refractivity contribution is -0.0467. The maximum Gasteiger partial charge on any atom is 0.207 e. The maximum absolute atomic E-state index is 14.4. The van der Waals surface area contributed by atoms with E-state index in [1.165, 1.54) is 17.1 Å². The number of halogens is 2. The Morgan fingerprint density at radius 1 is 1.35 bits per heavy atom. The second-order valence-corrected chi connectivity index (χ2v) is 5.70. The van der Waals surface area contributed by atoms with Gasteiger partial charge >= 0.3 is 0 Å². The zero-order chi connectivity index (χ0) is 18.3. The molecule has 0 spiro atoms. The fourth-order valence-corrected chi connectivity index (χ4v) is 2.83. The number of ether oxygens (including phenoxy) is 2. The summed E-state index contributed by atoms with van der Waals surface area (Å²) in [6.07, 6.45) is 0.340. The molecular formula is C15H15F2N5O4. The van der Waals surface area contributed by atoms with Gasteiger partial charge < -0.3 is 24.4 Å². The van der Waals surface area contributed by atoms with E-state index in [4.69, 9.17) is 14.0 Å². The number of fused-ring (bicyclic) bond motifs is 1. The zero-order valence-corrected chi connectivity index (χ0v) is 13.6. The number of aromatic nitrogens is 4. The Balaban J connectivity index is 1.75. The van der Waals surface area contributed by atoms with Crippen LogP contribution >= 0.6 is 0 Å². The molecule has 138 valence electrons. The summed E-state index contributed by atoms with van der Waals surface area (Å²) in [5.74, 6) is -1.73. The van der Waals surface area contributed by atoms with Gasteiger partial charge in [0.15, 0.2) is 23.7 Å². The summed E-state index contributed by atoms with van der Waals surface area (Å²) >= 11 is 0. The van der Waals surface area contributed by atoms with Crippen LogP contribution in [0.4, 0.5) is 14.6 Å². The molecule has 0 radical (unpaired) electrons. The number of anilines is 1. The lowest BCUT2D eigenvalue weighted by Crippen LogP contribution is -2.19. The van der Waals surface area contributed by atoms with Gasteiger partial charge in [-0.15, -0.1) is 0 Å². The van der Waals surface area contributed by atoms with Crippen molar-refractivity contribution in [3.63, 3.8) is 0 Å².